The maximum Gasteiger partial charge on any atom is 0.161 e. The number of hydrogen-bond donors (Lipinski definition) is 1. The third-order valence-corrected chi connectivity index (χ3v) is 2.07. The zero-order chi connectivity index (χ0) is 9.26. The molecule has 1 aliphatic rings. The van der Waals surface area contributed by atoms with E-state index in [1.807, 2.05) is 24.3 Å². The molecule has 0 fully saturated rings. The molecule has 0 spiro atoms. The van der Waals surface area contributed by atoms with Gasteiger partial charge in [0.15, 0.2) is 17.6 Å². The number of hydrogen-bond acceptors (Lipinski definition) is 3. The minimum Gasteiger partial charge on any atom is -0.486 e. The highest BCUT2D eigenvalue weighted by Crippen LogP contribution is 2.31. The summed E-state index contributed by atoms with van der Waals surface area (Å²) in [6, 6.07) is 7.47. The molecule has 3 heteroatoms. The summed E-state index contributed by atoms with van der Waals surface area (Å²) >= 11 is 0. The van der Waals surface area contributed by atoms with E-state index in [-0.39, 0.29) is 6.10 Å². The van der Waals surface area contributed by atoms with E-state index in [1.54, 1.807) is 6.92 Å². The van der Waals surface area contributed by atoms with Crippen molar-refractivity contribution >= 4 is 0 Å². The molecule has 0 radical (unpaired) electrons. The standard InChI is InChI=1S/C10H12O3/c1-7(11)10-6-12-8-4-2-3-5-9(8)13-10/h2-5,7,10-11H,6H2,1H3/t7-,10?/m1/s1. The van der Waals surface area contributed by atoms with Gasteiger partial charge in [-0.25, -0.2) is 0 Å². The summed E-state index contributed by atoms with van der Waals surface area (Å²) in [5, 5.41) is 9.30. The summed E-state index contributed by atoms with van der Waals surface area (Å²) in [7, 11) is 0. The smallest absolute Gasteiger partial charge is 0.161 e. The van der Waals surface area contributed by atoms with Crippen molar-refractivity contribution in [3.8, 4) is 11.5 Å². The van der Waals surface area contributed by atoms with E-state index in [1.165, 1.54) is 0 Å². The Hall–Kier alpha value is -1.22. The highest BCUT2D eigenvalue weighted by atomic mass is 16.6. The van der Waals surface area contributed by atoms with Gasteiger partial charge in [0, 0.05) is 0 Å². The zero-order valence-corrected chi connectivity index (χ0v) is 7.43. The molecule has 70 valence electrons. The summed E-state index contributed by atoms with van der Waals surface area (Å²) in [4.78, 5) is 0. The molecule has 0 saturated heterocycles. The highest BCUT2D eigenvalue weighted by molar-refractivity contribution is 5.40. The van der Waals surface area contributed by atoms with Gasteiger partial charge in [0.2, 0.25) is 0 Å². The molecule has 1 aromatic rings. The number of aliphatic hydroxyl groups excluding tert-OH is 1. The molecule has 13 heavy (non-hydrogen) atoms. The Labute approximate surface area is 76.9 Å². The number of benzene rings is 1. The molecule has 2 rings (SSSR count). The van der Waals surface area contributed by atoms with E-state index in [0.717, 1.165) is 5.75 Å². The Morgan fingerprint density at radius 3 is 2.77 bits per heavy atom. The van der Waals surface area contributed by atoms with Crippen molar-refractivity contribution < 1.29 is 14.6 Å². The molecule has 0 saturated carbocycles. The lowest BCUT2D eigenvalue weighted by Crippen LogP contribution is -2.37. The fourth-order valence-electron chi connectivity index (χ4n) is 1.27. The predicted octanol–water partition coefficient (Wildman–Crippen LogP) is 1.21. The van der Waals surface area contributed by atoms with Crippen LogP contribution in [0.1, 0.15) is 6.92 Å². The third-order valence-electron chi connectivity index (χ3n) is 2.07. The van der Waals surface area contributed by atoms with Gasteiger partial charge < -0.3 is 14.6 Å². The molecule has 0 bridgehead atoms. The molecule has 1 unspecified atom stereocenters. The molecular weight excluding hydrogens is 168 g/mol. The number of aliphatic hydroxyl groups is 1. The van der Waals surface area contributed by atoms with Gasteiger partial charge in [-0.15, -0.1) is 0 Å². The van der Waals surface area contributed by atoms with Crippen LogP contribution in [-0.2, 0) is 0 Å². The molecule has 0 aliphatic carbocycles. The molecule has 1 N–H and O–H groups in total. The van der Waals surface area contributed by atoms with Crippen molar-refractivity contribution in [3.05, 3.63) is 24.3 Å². The first kappa shape index (κ1) is 8.38. The monoisotopic (exact) mass is 180 g/mol. The molecular formula is C10H12O3. The number of fused-ring (bicyclic) bond motifs is 1. The van der Waals surface area contributed by atoms with Crippen LogP contribution >= 0.6 is 0 Å². The second-order valence-corrected chi connectivity index (χ2v) is 3.15. The average Bonchev–Trinajstić information content (AvgIpc) is 2.17. The Kier molecular flexibility index (Phi) is 2.10. The molecule has 2 atom stereocenters. The normalized spacial score (nSPS) is 22.5. The van der Waals surface area contributed by atoms with Crippen LogP contribution in [0.4, 0.5) is 0 Å². The Morgan fingerprint density at radius 2 is 2.08 bits per heavy atom. The van der Waals surface area contributed by atoms with E-state index in [0.29, 0.717) is 12.4 Å². The SMILES string of the molecule is C[C@@H](O)C1COc2ccccc2O1. The molecule has 0 amide bonds. The lowest BCUT2D eigenvalue weighted by atomic mass is 10.2. The maximum atomic E-state index is 9.30. The van der Waals surface area contributed by atoms with Crippen molar-refractivity contribution in [1.82, 2.24) is 0 Å². The van der Waals surface area contributed by atoms with Gasteiger partial charge in [0.05, 0.1) is 6.10 Å². The van der Waals surface area contributed by atoms with Crippen LogP contribution in [0, 0.1) is 0 Å². The van der Waals surface area contributed by atoms with E-state index < -0.39 is 6.10 Å². The quantitative estimate of drug-likeness (QED) is 0.706. The van der Waals surface area contributed by atoms with Gasteiger partial charge in [-0.2, -0.15) is 0 Å². The predicted molar refractivity (Wildman–Crippen MR) is 48.0 cm³/mol. The highest BCUT2D eigenvalue weighted by Gasteiger charge is 2.24. The van der Waals surface area contributed by atoms with Crippen LogP contribution in [0.15, 0.2) is 24.3 Å². The first-order chi connectivity index (χ1) is 6.27. The van der Waals surface area contributed by atoms with Crippen LogP contribution in [0.3, 0.4) is 0 Å². The summed E-state index contributed by atoms with van der Waals surface area (Å²) in [6.45, 7) is 2.11. The summed E-state index contributed by atoms with van der Waals surface area (Å²) in [6.07, 6.45) is -0.761. The molecule has 1 aromatic carbocycles. The van der Waals surface area contributed by atoms with Crippen LogP contribution < -0.4 is 9.47 Å². The summed E-state index contributed by atoms with van der Waals surface area (Å²) in [5.74, 6) is 1.46. The first-order valence-electron chi connectivity index (χ1n) is 4.34. The Balaban J connectivity index is 2.20. The Morgan fingerprint density at radius 1 is 1.38 bits per heavy atom. The van der Waals surface area contributed by atoms with Crippen molar-refractivity contribution in [2.45, 2.75) is 19.1 Å². The van der Waals surface area contributed by atoms with Crippen molar-refractivity contribution in [2.24, 2.45) is 0 Å². The second kappa shape index (κ2) is 3.26. The van der Waals surface area contributed by atoms with Crippen molar-refractivity contribution in [2.75, 3.05) is 6.61 Å². The van der Waals surface area contributed by atoms with Gasteiger partial charge in [-0.3, -0.25) is 0 Å². The van der Waals surface area contributed by atoms with Crippen LogP contribution in [0.5, 0.6) is 11.5 Å². The molecule has 3 nitrogen and oxygen atoms in total. The topological polar surface area (TPSA) is 38.7 Å². The second-order valence-electron chi connectivity index (χ2n) is 3.15. The van der Waals surface area contributed by atoms with Crippen LogP contribution in [0.25, 0.3) is 0 Å². The first-order valence-corrected chi connectivity index (χ1v) is 4.34. The van der Waals surface area contributed by atoms with E-state index in [2.05, 4.69) is 0 Å². The third kappa shape index (κ3) is 1.60. The fraction of sp³-hybridized carbons (Fsp3) is 0.400. The molecule has 1 aliphatic heterocycles. The number of rotatable bonds is 1. The van der Waals surface area contributed by atoms with Gasteiger partial charge >= 0.3 is 0 Å². The number of ether oxygens (including phenoxy) is 2. The van der Waals surface area contributed by atoms with Crippen molar-refractivity contribution in [1.29, 1.82) is 0 Å². The van der Waals surface area contributed by atoms with E-state index in [9.17, 15) is 5.11 Å². The molecule has 1 heterocycles. The average molecular weight is 180 g/mol. The van der Waals surface area contributed by atoms with Crippen LogP contribution in [-0.4, -0.2) is 23.9 Å². The lowest BCUT2D eigenvalue weighted by molar-refractivity contribution is -0.000781. The Bertz CT molecular complexity index is 296. The maximum absolute atomic E-state index is 9.30. The van der Waals surface area contributed by atoms with Gasteiger partial charge in [-0.05, 0) is 19.1 Å². The van der Waals surface area contributed by atoms with Gasteiger partial charge in [0.1, 0.15) is 6.61 Å². The summed E-state index contributed by atoms with van der Waals surface area (Å²) < 4.78 is 10.9. The zero-order valence-electron chi connectivity index (χ0n) is 7.43. The van der Waals surface area contributed by atoms with Crippen LogP contribution in [0.2, 0.25) is 0 Å². The number of para-hydroxylation sites is 2. The lowest BCUT2D eigenvalue weighted by Gasteiger charge is -2.27. The van der Waals surface area contributed by atoms with E-state index >= 15 is 0 Å². The van der Waals surface area contributed by atoms with Gasteiger partial charge in [-0.1, -0.05) is 12.1 Å². The largest absolute Gasteiger partial charge is 0.486 e. The fourth-order valence-corrected chi connectivity index (χ4v) is 1.27. The minimum atomic E-state index is -0.506. The summed E-state index contributed by atoms with van der Waals surface area (Å²) in [5.41, 5.74) is 0. The van der Waals surface area contributed by atoms with E-state index in [4.69, 9.17) is 9.47 Å². The molecule has 0 aromatic heterocycles. The minimum absolute atomic E-state index is 0.255. The van der Waals surface area contributed by atoms with Crippen molar-refractivity contribution in [3.63, 3.8) is 0 Å². The van der Waals surface area contributed by atoms with Gasteiger partial charge in [0.25, 0.3) is 0 Å².